The SMILES string of the molecule is O=C1NCCc2[nH]c(-c3ccnc(C=Cc4ccc(F)cc4F)c3)cc21. The highest BCUT2D eigenvalue weighted by molar-refractivity contribution is 5.97. The van der Waals surface area contributed by atoms with Crippen LogP contribution in [0.15, 0.2) is 42.6 Å². The van der Waals surface area contributed by atoms with E-state index in [2.05, 4.69) is 15.3 Å². The Balaban J connectivity index is 1.63. The van der Waals surface area contributed by atoms with Crippen molar-refractivity contribution >= 4 is 18.1 Å². The number of fused-ring (bicyclic) bond motifs is 1. The van der Waals surface area contributed by atoms with Crippen LogP contribution in [0.4, 0.5) is 8.78 Å². The van der Waals surface area contributed by atoms with Gasteiger partial charge in [0, 0.05) is 47.7 Å². The molecule has 26 heavy (non-hydrogen) atoms. The minimum absolute atomic E-state index is 0.0743. The van der Waals surface area contributed by atoms with Crippen molar-refractivity contribution in [2.75, 3.05) is 6.54 Å². The van der Waals surface area contributed by atoms with Crippen molar-refractivity contribution in [1.82, 2.24) is 15.3 Å². The Bertz CT molecular complexity index is 1020. The van der Waals surface area contributed by atoms with Crippen LogP contribution >= 0.6 is 0 Å². The number of benzene rings is 1. The zero-order valence-electron chi connectivity index (χ0n) is 13.7. The van der Waals surface area contributed by atoms with Crippen molar-refractivity contribution in [3.05, 3.63) is 76.7 Å². The highest BCUT2D eigenvalue weighted by atomic mass is 19.1. The van der Waals surface area contributed by atoms with E-state index in [0.717, 1.165) is 29.4 Å². The topological polar surface area (TPSA) is 57.8 Å². The summed E-state index contributed by atoms with van der Waals surface area (Å²) in [6.45, 7) is 0.624. The third-order valence-electron chi connectivity index (χ3n) is 4.29. The molecule has 4 rings (SSSR count). The first kappa shape index (κ1) is 16.2. The van der Waals surface area contributed by atoms with Gasteiger partial charge in [-0.05, 0) is 42.5 Å². The van der Waals surface area contributed by atoms with E-state index in [1.807, 2.05) is 18.2 Å². The monoisotopic (exact) mass is 351 g/mol. The van der Waals surface area contributed by atoms with Crippen molar-refractivity contribution in [2.45, 2.75) is 6.42 Å². The maximum absolute atomic E-state index is 13.7. The third kappa shape index (κ3) is 3.13. The Hall–Kier alpha value is -3.28. The number of H-pyrrole nitrogens is 1. The van der Waals surface area contributed by atoms with E-state index in [-0.39, 0.29) is 11.5 Å². The Morgan fingerprint density at radius 1 is 1.08 bits per heavy atom. The molecule has 0 aliphatic carbocycles. The molecule has 130 valence electrons. The van der Waals surface area contributed by atoms with Crippen LogP contribution in [0.3, 0.4) is 0 Å². The first-order valence-electron chi connectivity index (χ1n) is 8.20. The van der Waals surface area contributed by atoms with Gasteiger partial charge in [0.15, 0.2) is 0 Å². The van der Waals surface area contributed by atoms with Gasteiger partial charge >= 0.3 is 0 Å². The van der Waals surface area contributed by atoms with E-state index in [4.69, 9.17) is 0 Å². The number of carbonyl (C=O) groups excluding carboxylic acids is 1. The molecule has 1 aromatic carbocycles. The lowest BCUT2D eigenvalue weighted by molar-refractivity contribution is 0.0946. The van der Waals surface area contributed by atoms with Gasteiger partial charge in [-0.2, -0.15) is 0 Å². The molecule has 4 nitrogen and oxygen atoms in total. The summed E-state index contributed by atoms with van der Waals surface area (Å²) in [5.74, 6) is -1.31. The lowest BCUT2D eigenvalue weighted by atomic mass is 10.1. The quantitative estimate of drug-likeness (QED) is 0.754. The molecule has 1 aliphatic heterocycles. The summed E-state index contributed by atoms with van der Waals surface area (Å²) in [6, 6.07) is 8.94. The maximum atomic E-state index is 13.7. The molecule has 3 aromatic rings. The molecule has 0 saturated heterocycles. The third-order valence-corrected chi connectivity index (χ3v) is 4.29. The van der Waals surface area contributed by atoms with E-state index in [0.29, 0.717) is 17.8 Å². The number of rotatable bonds is 3. The van der Waals surface area contributed by atoms with E-state index >= 15 is 0 Å². The number of hydrogen-bond donors (Lipinski definition) is 2. The largest absolute Gasteiger partial charge is 0.358 e. The van der Waals surface area contributed by atoms with Crippen LogP contribution in [-0.4, -0.2) is 22.4 Å². The van der Waals surface area contributed by atoms with Crippen LogP contribution in [0.1, 0.15) is 27.3 Å². The average molecular weight is 351 g/mol. The second kappa shape index (κ2) is 6.55. The van der Waals surface area contributed by atoms with Crippen LogP contribution < -0.4 is 5.32 Å². The van der Waals surface area contributed by atoms with E-state index in [1.54, 1.807) is 18.3 Å². The molecule has 0 spiro atoms. The smallest absolute Gasteiger partial charge is 0.253 e. The Morgan fingerprint density at radius 3 is 2.77 bits per heavy atom. The van der Waals surface area contributed by atoms with Gasteiger partial charge in [-0.25, -0.2) is 8.78 Å². The second-order valence-electron chi connectivity index (χ2n) is 6.05. The molecule has 3 heterocycles. The Morgan fingerprint density at radius 2 is 1.96 bits per heavy atom. The van der Waals surface area contributed by atoms with Gasteiger partial charge in [-0.15, -0.1) is 0 Å². The number of hydrogen-bond acceptors (Lipinski definition) is 2. The number of aromatic amines is 1. The number of amides is 1. The molecule has 1 amide bonds. The van der Waals surface area contributed by atoms with Crippen LogP contribution in [0.25, 0.3) is 23.4 Å². The number of pyridine rings is 1. The summed E-state index contributed by atoms with van der Waals surface area (Å²) in [6.07, 6.45) is 5.63. The number of carbonyl (C=O) groups is 1. The highest BCUT2D eigenvalue weighted by Gasteiger charge is 2.19. The molecule has 1 aliphatic rings. The van der Waals surface area contributed by atoms with Gasteiger partial charge in [0.1, 0.15) is 11.6 Å². The molecule has 0 atom stereocenters. The van der Waals surface area contributed by atoms with Crippen LogP contribution in [0.2, 0.25) is 0 Å². The summed E-state index contributed by atoms with van der Waals surface area (Å²) in [7, 11) is 0. The van der Waals surface area contributed by atoms with Crippen LogP contribution in [0, 0.1) is 11.6 Å². The van der Waals surface area contributed by atoms with Crippen molar-refractivity contribution in [2.24, 2.45) is 0 Å². The summed E-state index contributed by atoms with van der Waals surface area (Å²) >= 11 is 0. The molecular formula is C20H15F2N3O. The summed E-state index contributed by atoms with van der Waals surface area (Å²) in [5, 5.41) is 2.82. The number of aromatic nitrogens is 2. The van der Waals surface area contributed by atoms with Gasteiger partial charge in [0.2, 0.25) is 0 Å². The molecule has 2 aromatic heterocycles. The fraction of sp³-hybridized carbons (Fsp3) is 0.100. The van der Waals surface area contributed by atoms with Crippen molar-refractivity contribution in [3.8, 4) is 11.3 Å². The van der Waals surface area contributed by atoms with Gasteiger partial charge in [-0.3, -0.25) is 9.78 Å². The van der Waals surface area contributed by atoms with Crippen molar-refractivity contribution in [1.29, 1.82) is 0 Å². The summed E-state index contributed by atoms with van der Waals surface area (Å²) in [5.41, 5.74) is 4.20. The summed E-state index contributed by atoms with van der Waals surface area (Å²) in [4.78, 5) is 19.4. The van der Waals surface area contributed by atoms with Crippen LogP contribution in [-0.2, 0) is 6.42 Å². The zero-order chi connectivity index (χ0) is 18.1. The normalized spacial score (nSPS) is 13.7. The van der Waals surface area contributed by atoms with Gasteiger partial charge in [0.25, 0.3) is 5.91 Å². The van der Waals surface area contributed by atoms with Gasteiger partial charge in [-0.1, -0.05) is 0 Å². The van der Waals surface area contributed by atoms with Crippen LogP contribution in [0.5, 0.6) is 0 Å². The fourth-order valence-corrected chi connectivity index (χ4v) is 2.97. The molecule has 6 heteroatoms. The van der Waals surface area contributed by atoms with E-state index in [9.17, 15) is 13.6 Å². The molecule has 0 unspecified atom stereocenters. The maximum Gasteiger partial charge on any atom is 0.253 e. The van der Waals surface area contributed by atoms with Gasteiger partial charge in [0.05, 0.1) is 11.3 Å². The first-order valence-corrected chi connectivity index (χ1v) is 8.20. The second-order valence-corrected chi connectivity index (χ2v) is 6.05. The highest BCUT2D eigenvalue weighted by Crippen LogP contribution is 2.24. The number of nitrogens with one attached hydrogen (secondary N) is 2. The molecule has 0 radical (unpaired) electrons. The number of halogens is 2. The molecular weight excluding hydrogens is 336 g/mol. The van der Waals surface area contributed by atoms with Gasteiger partial charge < -0.3 is 10.3 Å². The van der Waals surface area contributed by atoms with Crippen molar-refractivity contribution < 1.29 is 13.6 Å². The minimum atomic E-state index is -0.625. The van der Waals surface area contributed by atoms with E-state index < -0.39 is 11.6 Å². The summed E-state index contributed by atoms with van der Waals surface area (Å²) < 4.78 is 26.7. The average Bonchev–Trinajstić information content (AvgIpc) is 3.07. The fourth-order valence-electron chi connectivity index (χ4n) is 2.97. The molecule has 0 bridgehead atoms. The lowest BCUT2D eigenvalue weighted by Gasteiger charge is -2.10. The Labute approximate surface area is 148 Å². The standard InChI is InChI=1S/C20H15F2N3O/c21-14-3-1-12(17(22)10-14)2-4-15-9-13(5-7-23-15)19-11-16-18(25-19)6-8-24-20(16)26/h1-5,7,9-11,25H,6,8H2,(H,24,26). The predicted octanol–water partition coefficient (Wildman–Crippen LogP) is 3.81. The van der Waals surface area contributed by atoms with E-state index in [1.165, 1.54) is 12.1 Å². The molecule has 0 fully saturated rings. The molecule has 0 saturated carbocycles. The lowest BCUT2D eigenvalue weighted by Crippen LogP contribution is -2.31. The predicted molar refractivity (Wildman–Crippen MR) is 95.3 cm³/mol. The minimum Gasteiger partial charge on any atom is -0.358 e. The van der Waals surface area contributed by atoms with Crippen molar-refractivity contribution in [3.63, 3.8) is 0 Å². The zero-order valence-corrected chi connectivity index (χ0v) is 13.7. The Kier molecular flexibility index (Phi) is 4.08. The molecule has 2 N–H and O–H groups in total. The first-order chi connectivity index (χ1) is 12.6. The number of nitrogens with zero attached hydrogens (tertiary/aromatic N) is 1.